The van der Waals surface area contributed by atoms with Gasteiger partial charge >= 0.3 is 0 Å². The second-order valence-corrected chi connectivity index (χ2v) is 5.94. The van der Waals surface area contributed by atoms with Gasteiger partial charge in [-0.3, -0.25) is 14.9 Å². The van der Waals surface area contributed by atoms with Gasteiger partial charge in [0, 0.05) is 12.1 Å². The summed E-state index contributed by atoms with van der Waals surface area (Å²) in [5, 5.41) is 19.3. The number of nitro groups is 1. The van der Waals surface area contributed by atoms with Gasteiger partial charge in [0.05, 0.1) is 28.5 Å². The fourth-order valence-electron chi connectivity index (χ4n) is 3.03. The third-order valence-corrected chi connectivity index (χ3v) is 4.28. The number of nitrogens with zero attached hydrogens (tertiary/aromatic N) is 4. The molecule has 2 aromatic carbocycles. The standard InChI is InChI=1S/C19H14N4O5/c1-2-7-22-14-6-4-3-5-13(14)18(19(22)24)21-20-10-12-8-16-17(28-11-27-16)9-15(12)23(25)26/h2-6,8-10H,1,7,11H2/b20-10-,21-18+. The maximum absolute atomic E-state index is 12.7. The number of hydrogen-bond acceptors (Lipinski definition) is 7. The fourth-order valence-corrected chi connectivity index (χ4v) is 3.03. The van der Waals surface area contributed by atoms with Crippen molar-refractivity contribution in [3.63, 3.8) is 0 Å². The molecule has 0 saturated heterocycles. The number of amides is 1. The number of carbonyl (C=O) groups is 1. The third kappa shape index (κ3) is 2.88. The Balaban J connectivity index is 1.70. The molecule has 28 heavy (non-hydrogen) atoms. The van der Waals surface area contributed by atoms with Crippen molar-refractivity contribution in [2.24, 2.45) is 10.2 Å². The maximum atomic E-state index is 12.7. The molecule has 1 amide bonds. The van der Waals surface area contributed by atoms with Gasteiger partial charge in [0.25, 0.3) is 11.6 Å². The van der Waals surface area contributed by atoms with Crippen LogP contribution in [0, 0.1) is 10.1 Å². The highest BCUT2D eigenvalue weighted by atomic mass is 16.7. The second-order valence-electron chi connectivity index (χ2n) is 5.94. The van der Waals surface area contributed by atoms with Crippen LogP contribution in [0.1, 0.15) is 11.1 Å². The molecule has 0 unspecified atom stereocenters. The van der Waals surface area contributed by atoms with Crippen molar-refractivity contribution >= 4 is 29.2 Å². The van der Waals surface area contributed by atoms with E-state index >= 15 is 0 Å². The lowest BCUT2D eigenvalue weighted by molar-refractivity contribution is -0.385. The summed E-state index contributed by atoms with van der Waals surface area (Å²) < 4.78 is 10.4. The zero-order valence-corrected chi connectivity index (χ0v) is 14.6. The minimum Gasteiger partial charge on any atom is -0.454 e. The molecule has 0 radical (unpaired) electrons. The Morgan fingerprint density at radius 2 is 2.00 bits per heavy atom. The van der Waals surface area contributed by atoms with Crippen LogP contribution in [0.2, 0.25) is 0 Å². The summed E-state index contributed by atoms with van der Waals surface area (Å²) >= 11 is 0. The lowest BCUT2D eigenvalue weighted by Crippen LogP contribution is -2.30. The van der Waals surface area contributed by atoms with E-state index in [4.69, 9.17) is 9.47 Å². The highest BCUT2D eigenvalue weighted by Gasteiger charge is 2.33. The topological polar surface area (TPSA) is 107 Å². The highest BCUT2D eigenvalue weighted by molar-refractivity contribution is 6.54. The number of para-hydroxylation sites is 1. The molecule has 2 aliphatic heterocycles. The zero-order valence-electron chi connectivity index (χ0n) is 14.6. The minimum atomic E-state index is -0.543. The zero-order chi connectivity index (χ0) is 19.7. The van der Waals surface area contributed by atoms with Gasteiger partial charge in [-0.2, -0.15) is 5.10 Å². The molecule has 0 aliphatic carbocycles. The number of rotatable bonds is 5. The van der Waals surface area contributed by atoms with E-state index in [1.807, 2.05) is 12.1 Å². The molecular weight excluding hydrogens is 364 g/mol. The van der Waals surface area contributed by atoms with Gasteiger partial charge in [-0.15, -0.1) is 11.7 Å². The van der Waals surface area contributed by atoms with Crippen LogP contribution in [0.15, 0.2) is 59.3 Å². The van der Waals surface area contributed by atoms with Gasteiger partial charge in [0.1, 0.15) is 0 Å². The molecule has 0 fully saturated rings. The molecular formula is C19H14N4O5. The lowest BCUT2D eigenvalue weighted by Gasteiger charge is -2.13. The normalized spacial score (nSPS) is 16.1. The average Bonchev–Trinajstić information content (AvgIpc) is 3.25. The molecule has 0 atom stereocenters. The van der Waals surface area contributed by atoms with E-state index in [9.17, 15) is 14.9 Å². The lowest BCUT2D eigenvalue weighted by atomic mass is 10.1. The molecule has 0 bridgehead atoms. The first kappa shape index (κ1) is 17.4. The largest absolute Gasteiger partial charge is 0.454 e. The summed E-state index contributed by atoms with van der Waals surface area (Å²) in [6.45, 7) is 4.00. The van der Waals surface area contributed by atoms with Gasteiger partial charge in [0.2, 0.25) is 6.79 Å². The summed E-state index contributed by atoms with van der Waals surface area (Å²) in [7, 11) is 0. The van der Waals surface area contributed by atoms with E-state index in [1.54, 1.807) is 23.1 Å². The van der Waals surface area contributed by atoms with Crippen LogP contribution in [0.3, 0.4) is 0 Å². The summed E-state index contributed by atoms with van der Waals surface area (Å²) in [6.07, 6.45) is 2.84. The monoisotopic (exact) mass is 378 g/mol. The maximum Gasteiger partial charge on any atom is 0.282 e. The van der Waals surface area contributed by atoms with Crippen LogP contribution < -0.4 is 14.4 Å². The Hall–Kier alpha value is -4.01. The Bertz CT molecular complexity index is 1060. The number of ether oxygens (including phenoxy) is 2. The second kappa shape index (κ2) is 6.95. The quantitative estimate of drug-likeness (QED) is 0.344. The van der Waals surface area contributed by atoms with Crippen molar-refractivity contribution in [1.29, 1.82) is 0 Å². The molecule has 0 aromatic heterocycles. The van der Waals surface area contributed by atoms with Gasteiger partial charge in [-0.1, -0.05) is 24.3 Å². The number of fused-ring (bicyclic) bond motifs is 2. The van der Waals surface area contributed by atoms with E-state index in [2.05, 4.69) is 16.8 Å². The molecule has 0 spiro atoms. The van der Waals surface area contributed by atoms with Gasteiger partial charge in [0.15, 0.2) is 17.2 Å². The number of carbonyl (C=O) groups excluding carboxylic acids is 1. The summed E-state index contributed by atoms with van der Waals surface area (Å²) in [5.74, 6) is 0.382. The Morgan fingerprint density at radius 3 is 2.75 bits per heavy atom. The molecule has 0 N–H and O–H groups in total. The Labute approximate surface area is 159 Å². The van der Waals surface area contributed by atoms with Crippen molar-refractivity contribution in [3.05, 3.63) is 70.3 Å². The van der Waals surface area contributed by atoms with E-state index in [-0.39, 0.29) is 29.7 Å². The van der Waals surface area contributed by atoms with Crippen molar-refractivity contribution in [1.82, 2.24) is 0 Å². The Kier molecular flexibility index (Phi) is 4.32. The Morgan fingerprint density at radius 1 is 1.25 bits per heavy atom. The van der Waals surface area contributed by atoms with Gasteiger partial charge in [-0.05, 0) is 12.1 Å². The van der Waals surface area contributed by atoms with Gasteiger partial charge < -0.3 is 14.4 Å². The predicted octanol–water partition coefficient (Wildman–Crippen LogP) is 2.68. The van der Waals surface area contributed by atoms with Crippen LogP contribution in [0.25, 0.3) is 0 Å². The first-order chi connectivity index (χ1) is 13.6. The molecule has 0 saturated carbocycles. The molecule has 2 heterocycles. The fraction of sp³-hybridized carbons (Fsp3) is 0.105. The molecule has 2 aromatic rings. The van der Waals surface area contributed by atoms with Crippen molar-refractivity contribution in [2.75, 3.05) is 18.2 Å². The number of nitro benzene ring substituents is 1. The summed E-state index contributed by atoms with van der Waals surface area (Å²) in [4.78, 5) is 25.0. The van der Waals surface area contributed by atoms with Crippen molar-refractivity contribution < 1.29 is 19.2 Å². The summed E-state index contributed by atoms with van der Waals surface area (Å²) in [6, 6.07) is 9.94. The molecule has 2 aliphatic rings. The molecule has 4 rings (SSSR count). The van der Waals surface area contributed by atoms with E-state index in [0.29, 0.717) is 23.6 Å². The summed E-state index contributed by atoms with van der Waals surface area (Å²) in [5.41, 5.74) is 1.53. The molecule has 9 nitrogen and oxygen atoms in total. The van der Waals surface area contributed by atoms with Crippen molar-refractivity contribution in [2.45, 2.75) is 0 Å². The third-order valence-electron chi connectivity index (χ3n) is 4.28. The number of benzene rings is 2. The first-order valence-corrected chi connectivity index (χ1v) is 8.31. The van der Waals surface area contributed by atoms with Crippen LogP contribution in [0.4, 0.5) is 11.4 Å². The van der Waals surface area contributed by atoms with Gasteiger partial charge in [-0.25, -0.2) is 0 Å². The van der Waals surface area contributed by atoms with E-state index in [1.165, 1.54) is 18.3 Å². The minimum absolute atomic E-state index is 0.000190. The van der Waals surface area contributed by atoms with Crippen LogP contribution in [0.5, 0.6) is 11.5 Å². The number of anilines is 1. The average molecular weight is 378 g/mol. The first-order valence-electron chi connectivity index (χ1n) is 8.31. The molecule has 9 heteroatoms. The van der Waals surface area contributed by atoms with Crippen LogP contribution >= 0.6 is 0 Å². The highest BCUT2D eigenvalue weighted by Crippen LogP contribution is 2.37. The SMILES string of the molecule is C=CCN1C(=O)/C(=N/N=C\c2cc3c(cc2[N+](=O)[O-])OCO3)c2ccccc21. The van der Waals surface area contributed by atoms with E-state index < -0.39 is 4.92 Å². The van der Waals surface area contributed by atoms with Crippen LogP contribution in [-0.2, 0) is 4.79 Å². The molecule has 140 valence electrons. The van der Waals surface area contributed by atoms with Crippen LogP contribution in [-0.4, -0.2) is 36.1 Å². The van der Waals surface area contributed by atoms with E-state index in [0.717, 1.165) is 5.69 Å². The number of hydrogen-bond donors (Lipinski definition) is 0. The smallest absolute Gasteiger partial charge is 0.282 e. The predicted molar refractivity (Wildman–Crippen MR) is 102 cm³/mol. The van der Waals surface area contributed by atoms with Crippen molar-refractivity contribution in [3.8, 4) is 11.5 Å².